The molecule has 3 heteroatoms. The lowest BCUT2D eigenvalue weighted by Crippen LogP contribution is -2.04. The number of carbonyl (C=O) groups is 1. The molecule has 56 valence electrons. The summed E-state index contributed by atoms with van der Waals surface area (Å²) in [5.74, 6) is -0.278. The number of hydrogen-bond acceptors (Lipinski definition) is 2. The molecule has 0 aliphatic rings. The molecule has 0 amide bonds. The van der Waals surface area contributed by atoms with Crippen LogP contribution in [0.2, 0.25) is 0 Å². The Morgan fingerprint density at radius 3 is 1.78 bits per heavy atom. The van der Waals surface area contributed by atoms with E-state index in [9.17, 15) is 4.79 Å². The van der Waals surface area contributed by atoms with Crippen LogP contribution in [0.1, 0.15) is 27.7 Å². The predicted octanol–water partition coefficient (Wildman–Crippen LogP) is 2.52. The third-order valence-corrected chi connectivity index (χ3v) is 0.867. The van der Waals surface area contributed by atoms with Crippen molar-refractivity contribution in [1.29, 1.82) is 0 Å². The second-order valence-corrected chi connectivity index (χ2v) is 1.87. The topological polar surface area (TPSA) is 26.3 Å². The molecule has 0 radical (unpaired) electrons. The Morgan fingerprint density at radius 2 is 1.78 bits per heavy atom. The Morgan fingerprint density at radius 1 is 1.44 bits per heavy atom. The van der Waals surface area contributed by atoms with Crippen molar-refractivity contribution in [2.45, 2.75) is 27.7 Å². The van der Waals surface area contributed by atoms with Crippen molar-refractivity contribution in [3.63, 3.8) is 0 Å². The van der Waals surface area contributed by atoms with Gasteiger partial charge in [0.05, 0.1) is 5.92 Å². The first-order valence-corrected chi connectivity index (χ1v) is 3.65. The minimum absolute atomic E-state index is 0.0422. The summed E-state index contributed by atoms with van der Waals surface area (Å²) in [6.07, 6.45) is 0. The SMILES string of the molecule is CC.CC(C)C(=O)OBr. The van der Waals surface area contributed by atoms with Crippen LogP contribution in [0.25, 0.3) is 0 Å². The third kappa shape index (κ3) is 7.95. The fraction of sp³-hybridized carbons (Fsp3) is 0.833. The molecule has 0 spiro atoms. The van der Waals surface area contributed by atoms with Crippen LogP contribution in [0.5, 0.6) is 0 Å². The van der Waals surface area contributed by atoms with Crippen LogP contribution in [0.3, 0.4) is 0 Å². The molecule has 0 aromatic rings. The lowest BCUT2D eigenvalue weighted by atomic mass is 10.2. The minimum Gasteiger partial charge on any atom is -0.383 e. The van der Waals surface area contributed by atoms with Gasteiger partial charge in [-0.15, -0.1) is 0 Å². The van der Waals surface area contributed by atoms with Crippen molar-refractivity contribution in [3.8, 4) is 0 Å². The fourth-order valence-corrected chi connectivity index (χ4v) is 0.463. The van der Waals surface area contributed by atoms with Gasteiger partial charge in [0.1, 0.15) is 0 Å². The molecule has 0 aromatic carbocycles. The van der Waals surface area contributed by atoms with Crippen molar-refractivity contribution in [2.75, 3.05) is 0 Å². The van der Waals surface area contributed by atoms with E-state index >= 15 is 0 Å². The van der Waals surface area contributed by atoms with Gasteiger partial charge in [-0.1, -0.05) is 27.7 Å². The van der Waals surface area contributed by atoms with E-state index in [-0.39, 0.29) is 11.9 Å². The molecule has 0 saturated heterocycles. The lowest BCUT2D eigenvalue weighted by Gasteiger charge is -1.95. The highest BCUT2D eigenvalue weighted by atomic mass is 79.9. The fourth-order valence-electron chi connectivity index (χ4n) is 0.0891. The quantitative estimate of drug-likeness (QED) is 0.645. The summed E-state index contributed by atoms with van der Waals surface area (Å²) in [4.78, 5) is 10.2. The van der Waals surface area contributed by atoms with Gasteiger partial charge in [0.2, 0.25) is 0 Å². The summed E-state index contributed by atoms with van der Waals surface area (Å²) >= 11 is 2.57. The Hall–Kier alpha value is -0.0500. The first kappa shape index (κ1) is 11.7. The maximum atomic E-state index is 10.2. The monoisotopic (exact) mass is 196 g/mol. The average molecular weight is 197 g/mol. The molecular weight excluding hydrogens is 184 g/mol. The molecule has 0 unspecified atom stereocenters. The summed E-state index contributed by atoms with van der Waals surface area (Å²) in [6.45, 7) is 7.53. The molecule has 0 aromatic heterocycles. The Kier molecular flexibility index (Phi) is 10.3. The highest BCUT2D eigenvalue weighted by Gasteiger charge is 2.04. The van der Waals surface area contributed by atoms with E-state index in [1.807, 2.05) is 13.8 Å². The van der Waals surface area contributed by atoms with E-state index in [1.54, 1.807) is 13.8 Å². The lowest BCUT2D eigenvalue weighted by molar-refractivity contribution is -0.135. The van der Waals surface area contributed by atoms with Gasteiger partial charge in [0.15, 0.2) is 16.3 Å². The molecule has 0 aliphatic heterocycles. The van der Waals surface area contributed by atoms with Crippen LogP contribution < -0.4 is 0 Å². The standard InChI is InChI=1S/C4H7BrO2.C2H6/c1-3(2)4(6)7-5;1-2/h3H,1-2H3;1-2H3. The summed E-state index contributed by atoms with van der Waals surface area (Å²) in [7, 11) is 0. The van der Waals surface area contributed by atoms with Crippen molar-refractivity contribution >= 4 is 22.2 Å². The van der Waals surface area contributed by atoms with E-state index < -0.39 is 0 Å². The average Bonchev–Trinajstić information content (AvgIpc) is 1.91. The van der Waals surface area contributed by atoms with Crippen LogP contribution in [-0.2, 0) is 8.62 Å². The maximum absolute atomic E-state index is 10.2. The van der Waals surface area contributed by atoms with Gasteiger partial charge in [0, 0.05) is 0 Å². The predicted molar refractivity (Wildman–Crippen MR) is 41.2 cm³/mol. The van der Waals surface area contributed by atoms with E-state index in [0.29, 0.717) is 0 Å². The molecule has 9 heavy (non-hydrogen) atoms. The number of carbonyl (C=O) groups excluding carboxylic acids is 1. The van der Waals surface area contributed by atoms with E-state index in [1.165, 1.54) is 0 Å². The first-order valence-electron chi connectivity index (χ1n) is 3.01. The molecule has 0 rings (SSSR count). The van der Waals surface area contributed by atoms with E-state index in [0.717, 1.165) is 0 Å². The molecule has 0 atom stereocenters. The summed E-state index contributed by atoms with van der Waals surface area (Å²) in [5, 5.41) is 0. The van der Waals surface area contributed by atoms with E-state index in [2.05, 4.69) is 20.1 Å². The molecule has 0 aliphatic carbocycles. The Bertz CT molecular complexity index is 71.5. The summed E-state index contributed by atoms with van der Waals surface area (Å²) in [6, 6.07) is 0. The molecule has 2 nitrogen and oxygen atoms in total. The zero-order valence-electron chi connectivity index (χ0n) is 6.27. The molecule has 0 fully saturated rings. The van der Waals surface area contributed by atoms with Crippen LogP contribution in [0, 0.1) is 5.92 Å². The highest BCUT2D eigenvalue weighted by Crippen LogP contribution is 1.97. The maximum Gasteiger partial charge on any atom is 0.319 e. The zero-order chi connectivity index (χ0) is 7.86. The van der Waals surface area contributed by atoms with Crippen molar-refractivity contribution < 1.29 is 8.62 Å². The van der Waals surface area contributed by atoms with E-state index in [4.69, 9.17) is 0 Å². The van der Waals surface area contributed by atoms with Crippen molar-refractivity contribution in [1.82, 2.24) is 0 Å². The summed E-state index contributed by atoms with van der Waals surface area (Å²) in [5.41, 5.74) is 0. The Labute approximate surface area is 65.0 Å². The normalized spacial score (nSPS) is 7.78. The molecule has 0 heterocycles. The largest absolute Gasteiger partial charge is 0.383 e. The highest BCUT2D eigenvalue weighted by molar-refractivity contribution is 9.06. The van der Waals surface area contributed by atoms with Crippen molar-refractivity contribution in [2.24, 2.45) is 5.92 Å². The van der Waals surface area contributed by atoms with Gasteiger partial charge < -0.3 is 3.83 Å². The smallest absolute Gasteiger partial charge is 0.319 e. The second kappa shape index (κ2) is 7.95. The van der Waals surface area contributed by atoms with Crippen molar-refractivity contribution in [3.05, 3.63) is 0 Å². The van der Waals surface area contributed by atoms with Crippen LogP contribution >= 0.6 is 16.3 Å². The zero-order valence-corrected chi connectivity index (χ0v) is 7.86. The second-order valence-electron chi connectivity index (χ2n) is 1.55. The van der Waals surface area contributed by atoms with Crippen LogP contribution in [-0.4, -0.2) is 5.97 Å². The third-order valence-electron chi connectivity index (χ3n) is 0.547. The number of halogens is 1. The van der Waals surface area contributed by atoms with Gasteiger partial charge in [-0.05, 0) is 0 Å². The van der Waals surface area contributed by atoms with Gasteiger partial charge in [-0.3, -0.25) is 4.79 Å². The number of hydrogen-bond donors (Lipinski definition) is 0. The van der Waals surface area contributed by atoms with Gasteiger partial charge in [-0.25, -0.2) is 0 Å². The molecule has 0 saturated carbocycles. The molecule has 0 bridgehead atoms. The van der Waals surface area contributed by atoms with Gasteiger partial charge in [0.25, 0.3) is 0 Å². The molecular formula is C6H13BrO2. The summed E-state index contributed by atoms with van der Waals surface area (Å²) < 4.78 is 4.19. The van der Waals surface area contributed by atoms with Gasteiger partial charge in [-0.2, -0.15) is 0 Å². The molecule has 0 N–H and O–H groups in total. The van der Waals surface area contributed by atoms with Crippen LogP contribution in [0.4, 0.5) is 0 Å². The minimum atomic E-state index is -0.236. The Balaban J connectivity index is 0. The number of rotatable bonds is 1. The first-order chi connectivity index (χ1) is 4.18. The van der Waals surface area contributed by atoms with Crippen LogP contribution in [0.15, 0.2) is 0 Å². The van der Waals surface area contributed by atoms with Gasteiger partial charge >= 0.3 is 5.97 Å².